The normalized spacial score (nSPS) is 17.8. The third kappa shape index (κ3) is 3.35. The molecule has 98 valence electrons. The van der Waals surface area contributed by atoms with E-state index in [2.05, 4.69) is 12.2 Å². The first-order chi connectivity index (χ1) is 8.02. The van der Waals surface area contributed by atoms with Crippen molar-refractivity contribution >= 4 is 12.0 Å². The summed E-state index contributed by atoms with van der Waals surface area (Å²) >= 11 is 0. The number of rotatable bonds is 5. The van der Waals surface area contributed by atoms with Gasteiger partial charge in [0.05, 0.1) is 0 Å². The van der Waals surface area contributed by atoms with Gasteiger partial charge in [0.25, 0.3) is 0 Å². The van der Waals surface area contributed by atoms with Gasteiger partial charge in [-0.15, -0.1) is 0 Å². The Bertz CT molecular complexity index is 285. The SMILES string of the molecule is CCCCN(C)C(=O)NC1(C(=O)O)CCCC1. The lowest BCUT2D eigenvalue weighted by Crippen LogP contribution is -2.55. The molecular weight excluding hydrogens is 220 g/mol. The standard InChI is InChI=1S/C12H22N2O3/c1-3-4-9-14(2)11(17)13-12(10(15)16)7-5-6-8-12/h3-9H2,1-2H3,(H,13,17)(H,15,16). The van der Waals surface area contributed by atoms with Crippen LogP contribution in [-0.2, 0) is 4.79 Å². The van der Waals surface area contributed by atoms with E-state index in [0.29, 0.717) is 19.4 Å². The van der Waals surface area contributed by atoms with Crippen LogP contribution in [0.3, 0.4) is 0 Å². The Kier molecular flexibility index (Phi) is 4.78. The van der Waals surface area contributed by atoms with Crippen LogP contribution in [0.1, 0.15) is 45.4 Å². The van der Waals surface area contributed by atoms with Gasteiger partial charge in [-0.05, 0) is 19.3 Å². The minimum atomic E-state index is -1.03. The lowest BCUT2D eigenvalue weighted by atomic mass is 9.98. The fourth-order valence-corrected chi connectivity index (χ4v) is 2.17. The van der Waals surface area contributed by atoms with Crippen LogP contribution in [0.4, 0.5) is 4.79 Å². The van der Waals surface area contributed by atoms with E-state index in [-0.39, 0.29) is 6.03 Å². The van der Waals surface area contributed by atoms with E-state index in [1.165, 1.54) is 0 Å². The quantitative estimate of drug-likeness (QED) is 0.772. The van der Waals surface area contributed by atoms with Crippen LogP contribution in [0, 0.1) is 0 Å². The van der Waals surface area contributed by atoms with Crippen molar-refractivity contribution in [3.63, 3.8) is 0 Å². The van der Waals surface area contributed by atoms with Crippen molar-refractivity contribution in [2.45, 2.75) is 51.0 Å². The average Bonchev–Trinajstić information content (AvgIpc) is 2.75. The van der Waals surface area contributed by atoms with Gasteiger partial charge < -0.3 is 15.3 Å². The van der Waals surface area contributed by atoms with Gasteiger partial charge in [-0.3, -0.25) is 0 Å². The average molecular weight is 242 g/mol. The summed E-state index contributed by atoms with van der Waals surface area (Å²) in [6.45, 7) is 2.72. The number of carboxylic acids is 1. The van der Waals surface area contributed by atoms with E-state index in [1.54, 1.807) is 11.9 Å². The second kappa shape index (κ2) is 5.89. The maximum Gasteiger partial charge on any atom is 0.329 e. The molecule has 0 atom stereocenters. The Hall–Kier alpha value is -1.26. The molecule has 0 aromatic rings. The van der Waals surface area contributed by atoms with Crippen molar-refractivity contribution in [1.29, 1.82) is 0 Å². The number of amides is 2. The van der Waals surface area contributed by atoms with E-state index in [9.17, 15) is 14.7 Å². The van der Waals surface area contributed by atoms with Gasteiger partial charge in [0.15, 0.2) is 0 Å². The zero-order chi connectivity index (χ0) is 12.9. The third-order valence-electron chi connectivity index (χ3n) is 3.41. The summed E-state index contributed by atoms with van der Waals surface area (Å²) in [6, 6.07) is -0.275. The molecule has 1 aliphatic carbocycles. The Labute approximate surface area is 102 Å². The molecule has 0 saturated heterocycles. The van der Waals surface area contributed by atoms with Gasteiger partial charge in [-0.25, -0.2) is 9.59 Å². The predicted octanol–water partition coefficient (Wildman–Crippen LogP) is 1.83. The second-order valence-corrected chi connectivity index (χ2v) is 4.80. The minimum absolute atomic E-state index is 0.275. The number of carbonyl (C=O) groups is 2. The van der Waals surface area contributed by atoms with E-state index >= 15 is 0 Å². The van der Waals surface area contributed by atoms with E-state index < -0.39 is 11.5 Å². The molecule has 2 amide bonds. The lowest BCUT2D eigenvalue weighted by molar-refractivity contribution is -0.144. The monoisotopic (exact) mass is 242 g/mol. The largest absolute Gasteiger partial charge is 0.480 e. The third-order valence-corrected chi connectivity index (χ3v) is 3.41. The second-order valence-electron chi connectivity index (χ2n) is 4.80. The van der Waals surface area contributed by atoms with E-state index in [1.807, 2.05) is 0 Å². The highest BCUT2D eigenvalue weighted by Crippen LogP contribution is 2.30. The number of carboxylic acid groups (broad SMARTS) is 1. The summed E-state index contributed by atoms with van der Waals surface area (Å²) in [4.78, 5) is 24.7. The van der Waals surface area contributed by atoms with Crippen molar-refractivity contribution in [3.05, 3.63) is 0 Å². The fraction of sp³-hybridized carbons (Fsp3) is 0.833. The van der Waals surface area contributed by atoms with Gasteiger partial charge >= 0.3 is 12.0 Å². The molecule has 0 spiro atoms. The van der Waals surface area contributed by atoms with Gasteiger partial charge in [-0.1, -0.05) is 26.2 Å². The number of carbonyl (C=O) groups excluding carboxylic acids is 1. The van der Waals surface area contributed by atoms with Crippen LogP contribution in [0.5, 0.6) is 0 Å². The predicted molar refractivity (Wildman–Crippen MR) is 64.9 cm³/mol. The Morgan fingerprint density at radius 1 is 1.35 bits per heavy atom. The Morgan fingerprint density at radius 2 is 1.94 bits per heavy atom. The summed E-state index contributed by atoms with van der Waals surface area (Å²) in [5, 5.41) is 11.9. The molecule has 5 nitrogen and oxygen atoms in total. The van der Waals surface area contributed by atoms with Crippen molar-refractivity contribution < 1.29 is 14.7 Å². The molecule has 0 aromatic carbocycles. The Balaban J connectivity index is 2.56. The van der Waals surface area contributed by atoms with Crippen LogP contribution >= 0.6 is 0 Å². The van der Waals surface area contributed by atoms with Crippen LogP contribution in [0.25, 0.3) is 0 Å². The van der Waals surface area contributed by atoms with Crippen molar-refractivity contribution in [3.8, 4) is 0 Å². The van der Waals surface area contributed by atoms with Crippen LogP contribution in [-0.4, -0.2) is 41.1 Å². The number of nitrogens with zero attached hydrogens (tertiary/aromatic N) is 1. The maximum atomic E-state index is 11.9. The molecule has 5 heteroatoms. The molecule has 0 unspecified atom stereocenters. The number of hydrogen-bond donors (Lipinski definition) is 2. The number of aliphatic carboxylic acids is 1. The summed E-state index contributed by atoms with van der Waals surface area (Å²) in [5.74, 6) is -0.910. The van der Waals surface area contributed by atoms with E-state index in [4.69, 9.17) is 0 Å². The van der Waals surface area contributed by atoms with Crippen LogP contribution in [0.15, 0.2) is 0 Å². The molecule has 1 saturated carbocycles. The van der Waals surface area contributed by atoms with Gasteiger partial charge in [-0.2, -0.15) is 0 Å². The summed E-state index contributed by atoms with van der Waals surface area (Å²) in [6.07, 6.45) is 4.76. The van der Waals surface area contributed by atoms with Crippen molar-refractivity contribution in [1.82, 2.24) is 10.2 Å². The molecule has 1 aliphatic rings. The Morgan fingerprint density at radius 3 is 2.41 bits per heavy atom. The van der Waals surface area contributed by atoms with Gasteiger partial charge in [0.2, 0.25) is 0 Å². The highest BCUT2D eigenvalue weighted by molar-refractivity contribution is 5.86. The first kappa shape index (κ1) is 13.8. The van der Waals surface area contributed by atoms with Crippen molar-refractivity contribution in [2.75, 3.05) is 13.6 Å². The number of unbranched alkanes of at least 4 members (excludes halogenated alkanes) is 1. The molecule has 1 fully saturated rings. The van der Waals surface area contributed by atoms with Gasteiger partial charge in [0, 0.05) is 13.6 Å². The number of nitrogens with one attached hydrogen (secondary N) is 1. The highest BCUT2D eigenvalue weighted by atomic mass is 16.4. The molecule has 1 rings (SSSR count). The summed E-state index contributed by atoms with van der Waals surface area (Å²) in [7, 11) is 1.70. The minimum Gasteiger partial charge on any atom is -0.480 e. The highest BCUT2D eigenvalue weighted by Gasteiger charge is 2.43. The van der Waals surface area contributed by atoms with Crippen molar-refractivity contribution in [2.24, 2.45) is 0 Å². The molecule has 0 heterocycles. The molecule has 17 heavy (non-hydrogen) atoms. The van der Waals surface area contributed by atoms with E-state index in [0.717, 1.165) is 25.7 Å². The first-order valence-electron chi connectivity index (χ1n) is 6.28. The van der Waals surface area contributed by atoms with Gasteiger partial charge in [0.1, 0.15) is 5.54 Å². The fourth-order valence-electron chi connectivity index (χ4n) is 2.17. The molecular formula is C12H22N2O3. The van der Waals surface area contributed by atoms with Crippen LogP contribution < -0.4 is 5.32 Å². The molecule has 0 aromatic heterocycles. The molecule has 0 bridgehead atoms. The maximum absolute atomic E-state index is 11.9. The number of hydrogen-bond acceptors (Lipinski definition) is 2. The summed E-state index contributed by atoms with van der Waals surface area (Å²) in [5.41, 5.74) is -1.03. The first-order valence-corrected chi connectivity index (χ1v) is 6.28. The lowest BCUT2D eigenvalue weighted by Gasteiger charge is -2.28. The zero-order valence-corrected chi connectivity index (χ0v) is 10.7. The number of urea groups is 1. The smallest absolute Gasteiger partial charge is 0.329 e. The zero-order valence-electron chi connectivity index (χ0n) is 10.7. The van der Waals surface area contributed by atoms with Crippen LogP contribution in [0.2, 0.25) is 0 Å². The molecule has 0 aliphatic heterocycles. The topological polar surface area (TPSA) is 69.6 Å². The molecule has 2 N–H and O–H groups in total. The summed E-state index contributed by atoms with van der Waals surface area (Å²) < 4.78 is 0. The molecule has 0 radical (unpaired) electrons.